The lowest BCUT2D eigenvalue weighted by Crippen LogP contribution is -2.39. The standard InChI is InChI=1S/C11H19N3O/c1-9(2)14(7-5-12)8-11(15)10-4-3-6-13-10/h3-4,6,9,13H,5,7-8,12H2,1-2H3. The summed E-state index contributed by atoms with van der Waals surface area (Å²) in [4.78, 5) is 16.8. The maximum Gasteiger partial charge on any atom is 0.192 e. The van der Waals surface area contributed by atoms with Crippen LogP contribution in [0.25, 0.3) is 0 Å². The van der Waals surface area contributed by atoms with Crippen molar-refractivity contribution in [2.75, 3.05) is 19.6 Å². The minimum Gasteiger partial charge on any atom is -0.359 e. The summed E-state index contributed by atoms with van der Waals surface area (Å²) in [5.74, 6) is 0.113. The Morgan fingerprint density at radius 2 is 2.33 bits per heavy atom. The Bertz CT molecular complexity index is 293. The summed E-state index contributed by atoms with van der Waals surface area (Å²) < 4.78 is 0. The molecular formula is C11H19N3O. The number of aromatic nitrogens is 1. The van der Waals surface area contributed by atoms with E-state index in [0.29, 0.717) is 24.8 Å². The first-order chi connectivity index (χ1) is 7.15. The quantitative estimate of drug-likeness (QED) is 0.683. The van der Waals surface area contributed by atoms with Crippen LogP contribution in [0.4, 0.5) is 0 Å². The number of hydrogen-bond acceptors (Lipinski definition) is 3. The van der Waals surface area contributed by atoms with Gasteiger partial charge in [-0.1, -0.05) is 0 Å². The first kappa shape index (κ1) is 11.9. The van der Waals surface area contributed by atoms with Gasteiger partial charge < -0.3 is 10.7 Å². The molecule has 3 N–H and O–H groups in total. The molecule has 0 aliphatic heterocycles. The largest absolute Gasteiger partial charge is 0.359 e. The maximum absolute atomic E-state index is 11.8. The predicted octanol–water partition coefficient (Wildman–Crippen LogP) is 0.866. The van der Waals surface area contributed by atoms with E-state index < -0.39 is 0 Å². The molecule has 15 heavy (non-hydrogen) atoms. The van der Waals surface area contributed by atoms with Crippen molar-refractivity contribution in [1.82, 2.24) is 9.88 Å². The van der Waals surface area contributed by atoms with Gasteiger partial charge in [0.25, 0.3) is 0 Å². The number of Topliss-reactive ketones (excluding diaryl/α,β-unsaturated/α-hetero) is 1. The van der Waals surface area contributed by atoms with Gasteiger partial charge in [0.2, 0.25) is 0 Å². The maximum atomic E-state index is 11.8. The summed E-state index contributed by atoms with van der Waals surface area (Å²) in [6.45, 7) is 5.89. The summed E-state index contributed by atoms with van der Waals surface area (Å²) in [5, 5.41) is 0. The van der Waals surface area contributed by atoms with Crippen LogP contribution in [-0.4, -0.2) is 41.3 Å². The number of ketones is 1. The Hall–Kier alpha value is -1.13. The van der Waals surface area contributed by atoms with Crippen molar-refractivity contribution in [1.29, 1.82) is 0 Å². The monoisotopic (exact) mass is 209 g/mol. The fourth-order valence-corrected chi connectivity index (χ4v) is 1.46. The molecule has 1 aromatic rings. The normalized spacial score (nSPS) is 11.3. The Morgan fingerprint density at radius 1 is 1.60 bits per heavy atom. The van der Waals surface area contributed by atoms with E-state index in [-0.39, 0.29) is 5.78 Å². The van der Waals surface area contributed by atoms with Gasteiger partial charge in [0.1, 0.15) is 0 Å². The number of aromatic amines is 1. The number of nitrogens with two attached hydrogens (primary N) is 1. The summed E-state index contributed by atoms with van der Waals surface area (Å²) in [6, 6.07) is 3.96. The summed E-state index contributed by atoms with van der Waals surface area (Å²) in [5.41, 5.74) is 6.17. The van der Waals surface area contributed by atoms with Crippen molar-refractivity contribution in [3.63, 3.8) is 0 Å². The number of carbonyl (C=O) groups excluding carboxylic acids is 1. The Labute approximate surface area is 90.5 Å². The van der Waals surface area contributed by atoms with Gasteiger partial charge in [-0.05, 0) is 26.0 Å². The van der Waals surface area contributed by atoms with Crippen LogP contribution >= 0.6 is 0 Å². The SMILES string of the molecule is CC(C)N(CCN)CC(=O)c1ccc[nH]1. The van der Waals surface area contributed by atoms with Gasteiger partial charge in [-0.3, -0.25) is 9.69 Å². The molecule has 0 saturated heterocycles. The minimum absolute atomic E-state index is 0.113. The molecule has 0 fully saturated rings. The van der Waals surface area contributed by atoms with E-state index in [1.807, 2.05) is 6.07 Å². The van der Waals surface area contributed by atoms with Gasteiger partial charge in [0.05, 0.1) is 12.2 Å². The van der Waals surface area contributed by atoms with Crippen LogP contribution in [0.1, 0.15) is 24.3 Å². The molecule has 0 aromatic carbocycles. The molecule has 1 heterocycles. The van der Waals surface area contributed by atoms with Gasteiger partial charge in [-0.25, -0.2) is 0 Å². The third-order valence-corrected chi connectivity index (χ3v) is 2.39. The molecule has 1 rings (SSSR count). The van der Waals surface area contributed by atoms with Crippen molar-refractivity contribution in [2.24, 2.45) is 5.73 Å². The zero-order valence-corrected chi connectivity index (χ0v) is 9.36. The Balaban J connectivity index is 2.55. The average Bonchev–Trinajstić information content (AvgIpc) is 2.69. The van der Waals surface area contributed by atoms with E-state index in [9.17, 15) is 4.79 Å². The Kier molecular flexibility index (Phi) is 4.52. The highest BCUT2D eigenvalue weighted by atomic mass is 16.1. The first-order valence-corrected chi connectivity index (χ1v) is 5.26. The van der Waals surface area contributed by atoms with E-state index in [0.717, 1.165) is 6.54 Å². The van der Waals surface area contributed by atoms with Gasteiger partial charge in [-0.2, -0.15) is 0 Å². The molecule has 0 spiro atoms. The van der Waals surface area contributed by atoms with Crippen LogP contribution in [-0.2, 0) is 0 Å². The third-order valence-electron chi connectivity index (χ3n) is 2.39. The molecule has 0 aliphatic carbocycles. The van der Waals surface area contributed by atoms with Gasteiger partial charge in [0.15, 0.2) is 5.78 Å². The molecule has 0 radical (unpaired) electrons. The van der Waals surface area contributed by atoms with E-state index in [1.165, 1.54) is 0 Å². The molecule has 0 atom stereocenters. The second-order valence-electron chi connectivity index (χ2n) is 3.86. The second-order valence-corrected chi connectivity index (χ2v) is 3.86. The zero-order valence-electron chi connectivity index (χ0n) is 9.36. The van der Waals surface area contributed by atoms with Crippen LogP contribution in [0.15, 0.2) is 18.3 Å². The van der Waals surface area contributed by atoms with Crippen molar-refractivity contribution in [2.45, 2.75) is 19.9 Å². The number of nitrogens with one attached hydrogen (secondary N) is 1. The van der Waals surface area contributed by atoms with E-state index in [4.69, 9.17) is 5.73 Å². The molecule has 4 heteroatoms. The first-order valence-electron chi connectivity index (χ1n) is 5.26. The van der Waals surface area contributed by atoms with Crippen molar-refractivity contribution < 1.29 is 4.79 Å². The lowest BCUT2D eigenvalue weighted by molar-refractivity contribution is 0.0905. The molecule has 0 aliphatic rings. The van der Waals surface area contributed by atoms with Crippen molar-refractivity contribution in [3.8, 4) is 0 Å². The highest BCUT2D eigenvalue weighted by Crippen LogP contribution is 2.02. The van der Waals surface area contributed by atoms with Gasteiger partial charge in [0, 0.05) is 25.3 Å². The fraction of sp³-hybridized carbons (Fsp3) is 0.545. The van der Waals surface area contributed by atoms with Crippen LogP contribution in [0.2, 0.25) is 0 Å². The van der Waals surface area contributed by atoms with E-state index in [1.54, 1.807) is 12.3 Å². The topological polar surface area (TPSA) is 62.1 Å². The zero-order chi connectivity index (χ0) is 11.3. The number of rotatable bonds is 6. The molecule has 1 aromatic heterocycles. The van der Waals surface area contributed by atoms with E-state index in [2.05, 4.69) is 23.7 Å². The number of nitrogens with zero attached hydrogens (tertiary/aromatic N) is 1. The lowest BCUT2D eigenvalue weighted by atomic mass is 10.2. The van der Waals surface area contributed by atoms with Crippen molar-refractivity contribution >= 4 is 5.78 Å². The highest BCUT2D eigenvalue weighted by Gasteiger charge is 2.14. The number of hydrogen-bond donors (Lipinski definition) is 2. The van der Waals surface area contributed by atoms with Crippen LogP contribution in [0, 0.1) is 0 Å². The fourth-order valence-electron chi connectivity index (χ4n) is 1.46. The predicted molar refractivity (Wildman–Crippen MR) is 60.9 cm³/mol. The third kappa shape index (κ3) is 3.49. The average molecular weight is 209 g/mol. The molecule has 4 nitrogen and oxygen atoms in total. The van der Waals surface area contributed by atoms with Gasteiger partial charge in [-0.15, -0.1) is 0 Å². The Morgan fingerprint density at radius 3 is 2.80 bits per heavy atom. The minimum atomic E-state index is 0.113. The molecule has 0 amide bonds. The van der Waals surface area contributed by atoms with Crippen LogP contribution in [0.5, 0.6) is 0 Å². The van der Waals surface area contributed by atoms with Crippen molar-refractivity contribution in [3.05, 3.63) is 24.0 Å². The molecule has 0 unspecified atom stereocenters. The summed E-state index contributed by atoms with van der Waals surface area (Å²) >= 11 is 0. The molecular weight excluding hydrogens is 190 g/mol. The summed E-state index contributed by atoms with van der Waals surface area (Å²) in [7, 11) is 0. The highest BCUT2D eigenvalue weighted by molar-refractivity contribution is 5.95. The number of carbonyl (C=O) groups is 1. The van der Waals surface area contributed by atoms with Crippen LogP contribution < -0.4 is 5.73 Å². The molecule has 0 bridgehead atoms. The van der Waals surface area contributed by atoms with E-state index >= 15 is 0 Å². The second kappa shape index (κ2) is 5.68. The number of H-pyrrole nitrogens is 1. The molecule has 0 saturated carbocycles. The van der Waals surface area contributed by atoms with Crippen LogP contribution in [0.3, 0.4) is 0 Å². The lowest BCUT2D eigenvalue weighted by Gasteiger charge is -2.24. The molecule has 84 valence electrons. The summed E-state index contributed by atoms with van der Waals surface area (Å²) in [6.07, 6.45) is 1.76. The smallest absolute Gasteiger partial charge is 0.192 e. The van der Waals surface area contributed by atoms with Gasteiger partial charge >= 0.3 is 0 Å².